The summed E-state index contributed by atoms with van der Waals surface area (Å²) in [6, 6.07) is 11.4. The fourth-order valence-corrected chi connectivity index (χ4v) is 16.1. The number of hydrogen-bond acceptors (Lipinski definition) is 13. The smallest absolute Gasteiger partial charge is 0.250 e. The van der Waals surface area contributed by atoms with Crippen LogP contribution in [0.5, 0.6) is 11.5 Å². The topological polar surface area (TPSA) is 238 Å². The predicted molar refractivity (Wildman–Crippen MR) is 318 cm³/mol. The van der Waals surface area contributed by atoms with Crippen molar-refractivity contribution < 1.29 is 57.2 Å². The van der Waals surface area contributed by atoms with E-state index in [0.29, 0.717) is 86.6 Å². The number of aromatic nitrogens is 2. The van der Waals surface area contributed by atoms with Crippen molar-refractivity contribution in [2.45, 2.75) is 214 Å². The second-order valence-corrected chi connectivity index (χ2v) is 26.6. The average Bonchev–Trinajstić information content (AvgIpc) is 1.38. The highest BCUT2D eigenvalue weighted by Crippen LogP contribution is 2.65. The molecule has 3 saturated heterocycles. The molecular formula is C65H91F2N9O10. The molecule has 11 rings (SSSR count). The van der Waals surface area contributed by atoms with E-state index in [2.05, 4.69) is 61.7 Å². The van der Waals surface area contributed by atoms with Crippen molar-refractivity contribution in [3.8, 4) is 11.5 Å². The molecule has 21 heteroatoms. The maximum Gasteiger partial charge on any atom is 0.250 e. The number of aryl methyl sites for hydroxylation is 1. The second kappa shape index (κ2) is 26.5. The largest absolute Gasteiger partial charge is 0.504 e. The molecule has 19 nitrogen and oxygen atoms in total. The Morgan fingerprint density at radius 1 is 0.779 bits per heavy atom. The molecular weight excluding hydrogens is 1100 g/mol. The zero-order valence-corrected chi connectivity index (χ0v) is 50.5. The molecule has 6 fully saturated rings. The minimum Gasteiger partial charge on any atom is -0.504 e. The van der Waals surface area contributed by atoms with Gasteiger partial charge in [-0.3, -0.25) is 33.8 Å². The number of carbonyl (C=O) groups is 5. The molecule has 5 heterocycles. The van der Waals surface area contributed by atoms with Gasteiger partial charge in [0, 0.05) is 98.2 Å². The van der Waals surface area contributed by atoms with E-state index >= 15 is 0 Å². The van der Waals surface area contributed by atoms with Gasteiger partial charge in [0.2, 0.25) is 35.5 Å². The van der Waals surface area contributed by atoms with Gasteiger partial charge >= 0.3 is 0 Å². The zero-order valence-electron chi connectivity index (χ0n) is 50.5. The Hall–Kier alpha value is -5.74. The van der Waals surface area contributed by atoms with Crippen molar-refractivity contribution in [3.05, 3.63) is 70.8 Å². The van der Waals surface area contributed by atoms with Crippen molar-refractivity contribution >= 4 is 35.2 Å². The van der Waals surface area contributed by atoms with Crippen molar-refractivity contribution in [3.63, 3.8) is 0 Å². The first-order valence-corrected chi connectivity index (χ1v) is 32.2. The van der Waals surface area contributed by atoms with Crippen molar-refractivity contribution in [2.24, 2.45) is 11.8 Å². The Bertz CT molecular complexity index is 2900. The molecule has 2 aromatic carbocycles. The highest BCUT2D eigenvalue weighted by molar-refractivity contribution is 5.92. The van der Waals surface area contributed by atoms with Crippen LogP contribution in [-0.4, -0.2) is 160 Å². The van der Waals surface area contributed by atoms with E-state index in [1.165, 1.54) is 18.5 Å². The van der Waals surface area contributed by atoms with Crippen LogP contribution in [0.25, 0.3) is 0 Å². The lowest BCUT2D eigenvalue weighted by Crippen LogP contribution is -2.78. The van der Waals surface area contributed by atoms with Crippen molar-refractivity contribution in [1.82, 2.24) is 40.6 Å². The van der Waals surface area contributed by atoms with Gasteiger partial charge in [0.25, 0.3) is 0 Å². The normalized spacial score (nSPS) is 27.7. The molecule has 8 aliphatic rings. The van der Waals surface area contributed by atoms with E-state index in [9.17, 15) is 43.0 Å². The monoisotopic (exact) mass is 1200 g/mol. The van der Waals surface area contributed by atoms with E-state index in [-0.39, 0.29) is 93.6 Å². The third-order valence-corrected chi connectivity index (χ3v) is 20.5. The number of benzene rings is 2. The fourth-order valence-electron chi connectivity index (χ4n) is 16.1. The summed E-state index contributed by atoms with van der Waals surface area (Å²) in [5, 5.41) is 38.4. The molecule has 1 spiro atoms. The van der Waals surface area contributed by atoms with E-state index in [1.54, 1.807) is 18.2 Å². The number of aliphatic hydroxyl groups is 1. The third-order valence-electron chi connectivity index (χ3n) is 20.5. The third kappa shape index (κ3) is 13.5. The van der Waals surface area contributed by atoms with Crippen LogP contribution in [0.4, 0.5) is 14.5 Å². The number of alkyl halides is 2. The van der Waals surface area contributed by atoms with Gasteiger partial charge in [-0.05, 0) is 145 Å². The number of nitrogens with zero attached hydrogens (tertiary/aromatic N) is 4. The summed E-state index contributed by atoms with van der Waals surface area (Å²) in [5.74, 6) is -2.18. The molecule has 7 N–H and O–H groups in total. The van der Waals surface area contributed by atoms with Gasteiger partial charge in [0.1, 0.15) is 38.4 Å². The van der Waals surface area contributed by atoms with Gasteiger partial charge in [0.05, 0.1) is 23.1 Å². The van der Waals surface area contributed by atoms with E-state index in [1.807, 2.05) is 24.4 Å². The minimum absolute atomic E-state index is 0.0528. The Morgan fingerprint density at radius 2 is 1.43 bits per heavy atom. The van der Waals surface area contributed by atoms with Crippen LogP contribution in [0.3, 0.4) is 0 Å². The number of phenols is 1. The van der Waals surface area contributed by atoms with Gasteiger partial charge in [-0.2, -0.15) is 0 Å². The van der Waals surface area contributed by atoms with Crippen molar-refractivity contribution in [2.75, 3.05) is 64.5 Å². The fraction of sp³-hybridized carbons (Fsp3) is 0.692. The minimum atomic E-state index is -2.73. The zero-order chi connectivity index (χ0) is 60.3. The van der Waals surface area contributed by atoms with Gasteiger partial charge < -0.3 is 55.6 Å². The number of halogens is 2. The summed E-state index contributed by atoms with van der Waals surface area (Å²) in [6.07, 6.45) is 15.2. The number of fused-ring (bicyclic) bond motifs is 2. The van der Waals surface area contributed by atoms with Crippen LogP contribution in [0.15, 0.2) is 42.6 Å². The second-order valence-electron chi connectivity index (χ2n) is 26.6. The molecule has 3 saturated carbocycles. The summed E-state index contributed by atoms with van der Waals surface area (Å²) in [7, 11) is 0. The predicted octanol–water partition coefficient (Wildman–Crippen LogP) is 7.17. The van der Waals surface area contributed by atoms with Crippen LogP contribution in [0.1, 0.15) is 182 Å². The summed E-state index contributed by atoms with van der Waals surface area (Å²) >= 11 is 0. The summed E-state index contributed by atoms with van der Waals surface area (Å²) in [4.78, 5) is 74.6. The Labute approximate surface area is 504 Å². The Balaban J connectivity index is 0.540. The first kappa shape index (κ1) is 61.9. The molecule has 3 aromatic rings. The number of ether oxygens (including phenoxy) is 3. The number of amides is 5. The van der Waals surface area contributed by atoms with Crippen LogP contribution >= 0.6 is 0 Å². The van der Waals surface area contributed by atoms with Gasteiger partial charge in [-0.1, -0.05) is 51.3 Å². The van der Waals surface area contributed by atoms with E-state index < -0.39 is 40.9 Å². The molecule has 86 heavy (non-hydrogen) atoms. The van der Waals surface area contributed by atoms with E-state index in [0.717, 1.165) is 99.9 Å². The lowest BCUT2D eigenvalue weighted by atomic mass is 9.48. The standard InChI is InChI=1S/C65H91F2N9O10/c1-40(2)61-70-34-41(3)76(61)49-32-47-16-17-48(33-49)75(47)29-22-50(73-62(82)44-19-23-63(66,67)24-20-44)43-11-14-46(15-12-43)71-56(80)38-84-36-54(78)68-27-7-5-4-6-8-28-69-55(79)37-85-39-57(81)72-51-21-25-65(83)53-31-45-13-18-52(77)59-58(45)64(65,60(51)86-59)26-30-74(53)35-42-9-10-42/h11-15,18,34,40,42,44,47-51,53,60,77,83H,4-10,16-17,19-33,35-39H2,1-3H3,(H,68,78)(H,69,79)(H,71,80)(H,72,81)(H,73,82)/t47?,48?,49?,50-,51+,53+,60-,64-,65+/m0/s1. The van der Waals surface area contributed by atoms with Crippen LogP contribution < -0.4 is 31.3 Å². The molecule has 4 bridgehead atoms. The average molecular weight is 1200 g/mol. The van der Waals surface area contributed by atoms with Gasteiger partial charge in [-0.25, -0.2) is 13.8 Å². The highest BCUT2D eigenvalue weighted by atomic mass is 19.3. The number of likely N-dealkylation sites (tertiary alicyclic amines) is 1. The highest BCUT2D eigenvalue weighted by Gasteiger charge is 2.73. The van der Waals surface area contributed by atoms with E-state index in [4.69, 9.17) is 19.2 Å². The number of carbonyl (C=O) groups excluding carboxylic acids is 5. The van der Waals surface area contributed by atoms with Gasteiger partial charge in [0.15, 0.2) is 11.5 Å². The first-order chi connectivity index (χ1) is 41.4. The molecule has 4 aliphatic heterocycles. The lowest BCUT2D eigenvalue weighted by molar-refractivity contribution is -0.192. The SMILES string of the molecule is Cc1cnc(C(C)C)n1C1CC2CCC(C1)N2CC[C@H](NC(=O)C1CCC(F)(F)CC1)c1ccc(NC(=O)COCC(=O)NCCCCCCCNC(=O)COCC(=O)N[C@@H]2CC[C@@]3(O)[C@H]4Cc5ccc(O)c6c5[C@@]3(CCN4CC3CC3)[C@H]2O6)cc1. The molecule has 470 valence electrons. The van der Waals surface area contributed by atoms with Crippen LogP contribution in [0, 0.1) is 18.8 Å². The van der Waals surface area contributed by atoms with Gasteiger partial charge in [-0.15, -0.1) is 0 Å². The lowest BCUT2D eigenvalue weighted by Gasteiger charge is -2.64. The Morgan fingerprint density at radius 3 is 2.09 bits per heavy atom. The molecule has 2 unspecified atom stereocenters. The number of aromatic hydroxyl groups is 1. The molecule has 5 amide bonds. The number of anilines is 1. The van der Waals surface area contributed by atoms with Crippen molar-refractivity contribution in [1.29, 1.82) is 0 Å². The maximum atomic E-state index is 14.0. The molecule has 8 atom stereocenters. The maximum absolute atomic E-state index is 14.0. The number of unbranched alkanes of at least 4 members (excludes halogenated alkanes) is 4. The number of imidazole rings is 1. The number of phenolic OH excluding ortho intramolecular Hbond substituents is 1. The molecule has 0 radical (unpaired) electrons. The first-order valence-electron chi connectivity index (χ1n) is 32.2. The number of nitrogens with one attached hydrogen (secondary N) is 5. The quantitative estimate of drug-likeness (QED) is 0.0358. The number of piperidine rings is 2. The summed E-state index contributed by atoms with van der Waals surface area (Å²) in [6.45, 7) is 8.88. The van der Waals surface area contributed by atoms with Crippen LogP contribution in [0.2, 0.25) is 0 Å². The Kier molecular flexibility index (Phi) is 19.1. The summed E-state index contributed by atoms with van der Waals surface area (Å²) in [5.41, 5.74) is 2.81. The molecule has 4 aliphatic carbocycles. The summed E-state index contributed by atoms with van der Waals surface area (Å²) < 4.78 is 48.1. The number of hydrogen-bond donors (Lipinski definition) is 7. The van der Waals surface area contributed by atoms with Crippen LogP contribution in [-0.2, 0) is 45.3 Å². The molecule has 1 aromatic heterocycles. The number of rotatable bonds is 28.